The Labute approximate surface area is 117 Å². The minimum atomic E-state index is 0.693. The normalized spacial score (nSPS) is 20.2. The van der Waals surface area contributed by atoms with Gasteiger partial charge in [0.05, 0.1) is 12.1 Å². The van der Waals surface area contributed by atoms with E-state index in [9.17, 15) is 0 Å². The Morgan fingerprint density at radius 2 is 2.11 bits per heavy atom. The lowest BCUT2D eigenvalue weighted by atomic mass is 10.3. The van der Waals surface area contributed by atoms with Crippen molar-refractivity contribution < 1.29 is 0 Å². The molecule has 0 unspecified atom stereocenters. The number of thiophene rings is 1. The SMILES string of the molecule is c1nc(N(CN2CCCC2)C2CC2)c2ccsc2n1. The summed E-state index contributed by atoms with van der Waals surface area (Å²) in [5.41, 5.74) is 0. The van der Waals surface area contributed by atoms with Gasteiger partial charge in [0.25, 0.3) is 0 Å². The second-order valence-electron chi connectivity index (χ2n) is 5.50. The fraction of sp³-hybridized carbons (Fsp3) is 0.571. The molecule has 0 amide bonds. The van der Waals surface area contributed by atoms with Crippen molar-refractivity contribution in [1.29, 1.82) is 0 Å². The van der Waals surface area contributed by atoms with Crippen LogP contribution in [0.15, 0.2) is 17.8 Å². The van der Waals surface area contributed by atoms with Crippen molar-refractivity contribution in [3.8, 4) is 0 Å². The van der Waals surface area contributed by atoms with Crippen LogP contribution in [0.1, 0.15) is 25.7 Å². The van der Waals surface area contributed by atoms with Crippen LogP contribution in [0, 0.1) is 0 Å². The average molecular weight is 274 g/mol. The standard InChI is InChI=1S/C14H18N4S/c1-2-7-17(6-1)10-18(11-3-4-11)13-12-5-8-19-14(12)16-9-15-13/h5,8-9,11H,1-4,6-7,10H2. The maximum atomic E-state index is 4.58. The highest BCUT2D eigenvalue weighted by Crippen LogP contribution is 2.35. The molecule has 1 aliphatic heterocycles. The second-order valence-corrected chi connectivity index (χ2v) is 6.40. The molecule has 19 heavy (non-hydrogen) atoms. The first-order valence-corrected chi connectivity index (χ1v) is 7.97. The number of fused-ring (bicyclic) bond motifs is 1. The molecule has 3 heterocycles. The summed E-state index contributed by atoms with van der Waals surface area (Å²) < 4.78 is 0. The van der Waals surface area contributed by atoms with E-state index in [0.717, 1.165) is 17.3 Å². The van der Waals surface area contributed by atoms with Gasteiger partial charge in [-0.2, -0.15) is 0 Å². The van der Waals surface area contributed by atoms with Crippen LogP contribution >= 0.6 is 11.3 Å². The van der Waals surface area contributed by atoms with Crippen molar-refractivity contribution in [3.05, 3.63) is 17.8 Å². The van der Waals surface area contributed by atoms with Crippen LogP contribution < -0.4 is 4.90 Å². The zero-order valence-corrected chi connectivity index (χ0v) is 11.8. The third-order valence-corrected chi connectivity index (χ3v) is 4.87. The summed E-state index contributed by atoms with van der Waals surface area (Å²) in [4.78, 5) is 15.1. The molecular weight excluding hydrogens is 256 g/mol. The topological polar surface area (TPSA) is 32.3 Å². The summed E-state index contributed by atoms with van der Waals surface area (Å²) >= 11 is 1.70. The summed E-state index contributed by atoms with van der Waals surface area (Å²) in [5, 5.41) is 3.34. The Morgan fingerprint density at radius 3 is 2.89 bits per heavy atom. The van der Waals surface area contributed by atoms with Crippen LogP contribution in [0.2, 0.25) is 0 Å². The van der Waals surface area contributed by atoms with Gasteiger partial charge >= 0.3 is 0 Å². The molecule has 100 valence electrons. The molecule has 2 aromatic heterocycles. The van der Waals surface area contributed by atoms with Crippen molar-refractivity contribution in [2.75, 3.05) is 24.7 Å². The van der Waals surface area contributed by atoms with E-state index >= 15 is 0 Å². The zero-order valence-electron chi connectivity index (χ0n) is 11.0. The molecule has 2 aromatic rings. The number of likely N-dealkylation sites (tertiary alicyclic amines) is 1. The number of aromatic nitrogens is 2. The molecule has 1 saturated carbocycles. The number of rotatable bonds is 4. The van der Waals surface area contributed by atoms with Crippen LogP contribution in [0.25, 0.3) is 10.2 Å². The van der Waals surface area contributed by atoms with Crippen molar-refractivity contribution in [1.82, 2.24) is 14.9 Å². The molecule has 0 aromatic carbocycles. The average Bonchev–Trinajstić information content (AvgIpc) is 2.95. The molecule has 0 radical (unpaired) electrons. The van der Waals surface area contributed by atoms with E-state index in [-0.39, 0.29) is 0 Å². The molecule has 2 aliphatic rings. The van der Waals surface area contributed by atoms with Gasteiger partial charge in [0.15, 0.2) is 0 Å². The molecule has 4 nitrogen and oxygen atoms in total. The second kappa shape index (κ2) is 4.72. The maximum absolute atomic E-state index is 4.58. The van der Waals surface area contributed by atoms with Crippen molar-refractivity contribution in [2.45, 2.75) is 31.7 Å². The van der Waals surface area contributed by atoms with Gasteiger partial charge in [-0.3, -0.25) is 4.90 Å². The Morgan fingerprint density at radius 1 is 1.26 bits per heavy atom. The molecule has 1 aliphatic carbocycles. The lowest BCUT2D eigenvalue weighted by molar-refractivity contribution is 0.333. The molecule has 0 spiro atoms. The monoisotopic (exact) mass is 274 g/mol. The maximum Gasteiger partial charge on any atom is 0.142 e. The van der Waals surface area contributed by atoms with Crippen molar-refractivity contribution in [2.24, 2.45) is 0 Å². The van der Waals surface area contributed by atoms with Crippen molar-refractivity contribution >= 4 is 27.4 Å². The van der Waals surface area contributed by atoms with E-state index in [1.807, 2.05) is 0 Å². The number of anilines is 1. The van der Waals surface area contributed by atoms with E-state index in [1.165, 1.54) is 44.2 Å². The van der Waals surface area contributed by atoms with E-state index in [1.54, 1.807) is 17.7 Å². The largest absolute Gasteiger partial charge is 0.340 e. The first-order chi connectivity index (χ1) is 9.42. The van der Waals surface area contributed by atoms with E-state index < -0.39 is 0 Å². The van der Waals surface area contributed by atoms with Gasteiger partial charge in [-0.1, -0.05) is 0 Å². The van der Waals surface area contributed by atoms with Gasteiger partial charge in [-0.05, 0) is 50.2 Å². The Bertz CT molecular complexity index is 572. The predicted molar refractivity (Wildman–Crippen MR) is 78.6 cm³/mol. The number of hydrogen-bond acceptors (Lipinski definition) is 5. The first kappa shape index (κ1) is 11.6. The summed E-state index contributed by atoms with van der Waals surface area (Å²) in [6.45, 7) is 3.51. The molecule has 0 atom stereocenters. The molecule has 1 saturated heterocycles. The van der Waals surface area contributed by atoms with E-state index in [0.29, 0.717) is 6.04 Å². The Hall–Kier alpha value is -1.20. The molecule has 4 rings (SSSR count). The minimum absolute atomic E-state index is 0.693. The van der Waals surface area contributed by atoms with Gasteiger partial charge in [-0.15, -0.1) is 11.3 Å². The lowest BCUT2D eigenvalue weighted by Crippen LogP contribution is -2.38. The first-order valence-electron chi connectivity index (χ1n) is 7.09. The fourth-order valence-corrected chi connectivity index (χ4v) is 3.61. The van der Waals surface area contributed by atoms with Gasteiger partial charge in [0.2, 0.25) is 0 Å². The Kier molecular flexibility index (Phi) is 2.89. The smallest absolute Gasteiger partial charge is 0.142 e. The number of nitrogens with zero attached hydrogens (tertiary/aromatic N) is 4. The van der Waals surface area contributed by atoms with Crippen molar-refractivity contribution in [3.63, 3.8) is 0 Å². The molecule has 0 bridgehead atoms. The highest BCUT2D eigenvalue weighted by molar-refractivity contribution is 7.16. The Balaban J connectivity index is 1.67. The van der Waals surface area contributed by atoms with Crippen LogP contribution in [0.3, 0.4) is 0 Å². The quantitative estimate of drug-likeness (QED) is 0.858. The summed E-state index contributed by atoms with van der Waals surface area (Å²) in [7, 11) is 0. The lowest BCUT2D eigenvalue weighted by Gasteiger charge is -2.29. The van der Waals surface area contributed by atoms with Gasteiger partial charge < -0.3 is 4.90 Å². The summed E-state index contributed by atoms with van der Waals surface area (Å²) in [6, 6.07) is 2.85. The zero-order chi connectivity index (χ0) is 12.7. The number of hydrogen-bond donors (Lipinski definition) is 0. The van der Waals surface area contributed by atoms with Gasteiger partial charge in [0, 0.05) is 6.04 Å². The third-order valence-electron chi connectivity index (χ3n) is 4.05. The van der Waals surface area contributed by atoms with Gasteiger partial charge in [-0.25, -0.2) is 9.97 Å². The van der Waals surface area contributed by atoms with Gasteiger partial charge in [0.1, 0.15) is 17.0 Å². The predicted octanol–water partition coefficient (Wildman–Crippen LogP) is 2.71. The summed E-state index contributed by atoms with van der Waals surface area (Å²) in [6.07, 6.45) is 7.02. The highest BCUT2D eigenvalue weighted by atomic mass is 32.1. The van der Waals surface area contributed by atoms with Crippen LogP contribution in [-0.4, -0.2) is 40.7 Å². The fourth-order valence-electron chi connectivity index (χ4n) is 2.89. The third kappa shape index (κ3) is 2.21. The van der Waals surface area contributed by atoms with Crippen LogP contribution in [0.4, 0.5) is 5.82 Å². The van der Waals surface area contributed by atoms with Crippen LogP contribution in [0.5, 0.6) is 0 Å². The minimum Gasteiger partial charge on any atom is -0.340 e. The molecule has 2 fully saturated rings. The van der Waals surface area contributed by atoms with E-state index in [2.05, 4.69) is 31.2 Å². The highest BCUT2D eigenvalue weighted by Gasteiger charge is 2.32. The van der Waals surface area contributed by atoms with Crippen LogP contribution in [-0.2, 0) is 0 Å². The molecule has 0 N–H and O–H groups in total. The molecule has 5 heteroatoms. The summed E-state index contributed by atoms with van der Waals surface area (Å²) in [5.74, 6) is 1.14. The molecular formula is C14H18N4S. The van der Waals surface area contributed by atoms with E-state index in [4.69, 9.17) is 0 Å².